The minimum Gasteiger partial charge on any atom is -0.504 e. The lowest BCUT2D eigenvalue weighted by Crippen LogP contribution is -2.08. The molecule has 0 bridgehead atoms. The van der Waals surface area contributed by atoms with E-state index in [1.54, 1.807) is 59.2 Å². The van der Waals surface area contributed by atoms with Crippen molar-refractivity contribution in [3.63, 3.8) is 0 Å². The quantitative estimate of drug-likeness (QED) is 0.683. The average Bonchev–Trinajstić information content (AvgIpc) is 3.02. The number of phenolic OH excluding ortho intramolecular Hbond substituents is 2. The first kappa shape index (κ1) is 13.0. The molecule has 3 aliphatic heterocycles. The van der Waals surface area contributed by atoms with Crippen LogP contribution >= 0.6 is 47.0 Å². The molecule has 0 atom stereocenters. The van der Waals surface area contributed by atoms with Gasteiger partial charge in [0.25, 0.3) is 0 Å². The van der Waals surface area contributed by atoms with E-state index >= 15 is 0 Å². The van der Waals surface area contributed by atoms with Gasteiger partial charge in [-0.15, -0.1) is 0 Å². The van der Waals surface area contributed by atoms with Crippen LogP contribution in [0.3, 0.4) is 0 Å². The summed E-state index contributed by atoms with van der Waals surface area (Å²) in [4.78, 5) is 1.92. The number of hydrogen-bond acceptors (Lipinski definition) is 8. The monoisotopic (exact) mass is 344 g/mol. The number of rotatable bonds is 0. The summed E-state index contributed by atoms with van der Waals surface area (Å²) in [6.07, 6.45) is 0. The first-order valence-electron chi connectivity index (χ1n) is 5.72. The topological polar surface area (TPSA) is 58.9 Å². The molecule has 3 aliphatic rings. The second-order valence-corrected chi connectivity index (χ2v) is 8.63. The van der Waals surface area contributed by atoms with Crippen molar-refractivity contribution in [1.82, 2.24) is 0 Å². The summed E-state index contributed by atoms with van der Waals surface area (Å²) in [5.74, 6) is -0.169. The summed E-state index contributed by atoms with van der Waals surface area (Å²) in [6.45, 7) is 1.19. The highest BCUT2D eigenvalue weighted by Crippen LogP contribution is 2.62. The maximum absolute atomic E-state index is 9.56. The van der Waals surface area contributed by atoms with Gasteiger partial charge in [-0.1, -0.05) is 23.5 Å². The fraction of sp³-hybridized carbons (Fsp3) is 0.167. The van der Waals surface area contributed by atoms with Crippen molar-refractivity contribution in [2.75, 3.05) is 13.2 Å². The van der Waals surface area contributed by atoms with Crippen molar-refractivity contribution < 1.29 is 19.7 Å². The van der Waals surface area contributed by atoms with Gasteiger partial charge in [-0.25, -0.2) is 0 Å². The normalized spacial score (nSPS) is 20.6. The Morgan fingerprint density at radius 1 is 0.750 bits per heavy atom. The van der Waals surface area contributed by atoms with Crippen LogP contribution in [0.15, 0.2) is 40.6 Å². The Labute approximate surface area is 132 Å². The minimum atomic E-state index is -0.0843. The minimum absolute atomic E-state index is 0.0843. The summed E-state index contributed by atoms with van der Waals surface area (Å²) >= 11 is 6.35. The van der Waals surface area contributed by atoms with Crippen LogP contribution in [0.5, 0.6) is 11.5 Å². The van der Waals surface area contributed by atoms with E-state index < -0.39 is 0 Å². The van der Waals surface area contributed by atoms with Crippen LogP contribution in [-0.4, -0.2) is 23.4 Å². The maximum Gasteiger partial charge on any atom is 0.208 e. The van der Waals surface area contributed by atoms with Crippen molar-refractivity contribution in [1.29, 1.82) is 0 Å². The molecule has 0 saturated heterocycles. The highest BCUT2D eigenvalue weighted by molar-refractivity contribution is 8.32. The van der Waals surface area contributed by atoms with Gasteiger partial charge in [0.2, 0.25) is 10.2 Å². The highest BCUT2D eigenvalue weighted by atomic mass is 32.2. The standard InChI is InChI=1S/C12H8O4S4/c13-5-3-7-8(4-6(5)14)18-11(17-7)12-19-9-10(20-12)16-2-1-15-9/h3-4,13-14H,1-2H2. The molecule has 4 nitrogen and oxygen atoms in total. The van der Waals surface area contributed by atoms with E-state index in [2.05, 4.69) is 0 Å². The third-order valence-electron chi connectivity index (χ3n) is 2.70. The summed E-state index contributed by atoms with van der Waals surface area (Å²) < 4.78 is 13.4. The van der Waals surface area contributed by atoms with E-state index in [-0.39, 0.29) is 11.5 Å². The first-order chi connectivity index (χ1) is 9.70. The number of phenols is 2. The molecule has 4 rings (SSSR count). The van der Waals surface area contributed by atoms with Gasteiger partial charge in [0.1, 0.15) is 13.2 Å². The Morgan fingerprint density at radius 3 is 1.70 bits per heavy atom. The molecular weight excluding hydrogens is 336 g/mol. The molecular formula is C12H8O4S4. The van der Waals surface area contributed by atoms with Crippen LogP contribution in [-0.2, 0) is 9.47 Å². The van der Waals surface area contributed by atoms with Crippen LogP contribution in [0.1, 0.15) is 0 Å². The molecule has 3 heterocycles. The van der Waals surface area contributed by atoms with E-state index in [9.17, 15) is 10.2 Å². The van der Waals surface area contributed by atoms with Crippen LogP contribution in [0, 0.1) is 0 Å². The van der Waals surface area contributed by atoms with Crippen molar-refractivity contribution >= 4 is 47.0 Å². The largest absolute Gasteiger partial charge is 0.504 e. The number of aromatic hydroxyl groups is 2. The van der Waals surface area contributed by atoms with E-state index in [0.29, 0.717) is 13.2 Å². The zero-order chi connectivity index (χ0) is 13.7. The molecule has 0 radical (unpaired) electrons. The van der Waals surface area contributed by atoms with Crippen LogP contribution < -0.4 is 0 Å². The third kappa shape index (κ3) is 2.14. The van der Waals surface area contributed by atoms with Crippen LogP contribution in [0.2, 0.25) is 0 Å². The van der Waals surface area contributed by atoms with Gasteiger partial charge in [0.05, 0.1) is 8.47 Å². The Bertz CT molecular complexity index is 615. The zero-order valence-corrected chi connectivity index (χ0v) is 13.2. The van der Waals surface area contributed by atoms with E-state index in [1.165, 1.54) is 0 Å². The molecule has 20 heavy (non-hydrogen) atoms. The summed E-state index contributed by atoms with van der Waals surface area (Å²) in [7, 11) is 0. The van der Waals surface area contributed by atoms with Gasteiger partial charge in [-0.2, -0.15) is 0 Å². The van der Waals surface area contributed by atoms with Crippen molar-refractivity contribution in [2.45, 2.75) is 9.79 Å². The number of fused-ring (bicyclic) bond motifs is 1. The molecule has 0 aliphatic carbocycles. The molecule has 0 aromatic heterocycles. The Morgan fingerprint density at radius 2 is 1.20 bits per heavy atom. The van der Waals surface area contributed by atoms with Gasteiger partial charge in [0.15, 0.2) is 11.5 Å². The van der Waals surface area contributed by atoms with Gasteiger partial charge in [-0.05, 0) is 35.7 Å². The molecule has 0 spiro atoms. The van der Waals surface area contributed by atoms with Gasteiger partial charge >= 0.3 is 0 Å². The fourth-order valence-corrected chi connectivity index (χ4v) is 6.93. The van der Waals surface area contributed by atoms with E-state index in [1.807, 2.05) is 0 Å². The summed E-state index contributed by atoms with van der Waals surface area (Å²) in [6, 6.07) is 3.20. The van der Waals surface area contributed by atoms with Gasteiger partial charge < -0.3 is 19.7 Å². The van der Waals surface area contributed by atoms with Crippen molar-refractivity contribution in [2.24, 2.45) is 0 Å². The van der Waals surface area contributed by atoms with Crippen LogP contribution in [0.25, 0.3) is 0 Å². The number of hydrogen-bond donors (Lipinski definition) is 2. The lowest BCUT2D eigenvalue weighted by molar-refractivity contribution is 0.0949. The van der Waals surface area contributed by atoms with Crippen molar-refractivity contribution in [3.8, 4) is 11.5 Å². The molecule has 1 aromatic carbocycles. The lowest BCUT2D eigenvalue weighted by atomic mass is 10.3. The number of thioether (sulfide) groups is 4. The zero-order valence-electron chi connectivity index (χ0n) is 9.91. The van der Waals surface area contributed by atoms with E-state index in [4.69, 9.17) is 9.47 Å². The number of ether oxygens (including phenoxy) is 2. The Kier molecular flexibility index (Phi) is 3.21. The van der Waals surface area contributed by atoms with E-state index in [0.717, 1.165) is 28.4 Å². The second-order valence-electron chi connectivity index (χ2n) is 4.04. The molecule has 0 unspecified atom stereocenters. The van der Waals surface area contributed by atoms with Crippen LogP contribution in [0.4, 0.5) is 0 Å². The maximum atomic E-state index is 9.56. The van der Waals surface area contributed by atoms with Gasteiger partial charge in [-0.3, -0.25) is 0 Å². The second kappa shape index (κ2) is 4.94. The third-order valence-corrected chi connectivity index (χ3v) is 8.13. The fourth-order valence-electron chi connectivity index (χ4n) is 1.80. The van der Waals surface area contributed by atoms with Gasteiger partial charge in [0, 0.05) is 9.79 Å². The molecule has 0 fully saturated rings. The van der Waals surface area contributed by atoms with Crippen molar-refractivity contribution in [3.05, 3.63) is 30.8 Å². The highest BCUT2D eigenvalue weighted by Gasteiger charge is 2.32. The number of benzene rings is 1. The predicted octanol–water partition coefficient (Wildman–Crippen LogP) is 4.08. The Hall–Kier alpha value is -0.700. The predicted molar refractivity (Wildman–Crippen MR) is 82.6 cm³/mol. The lowest BCUT2D eigenvalue weighted by Gasteiger charge is -2.13. The molecule has 104 valence electrons. The Balaban J connectivity index is 1.62. The first-order valence-corrected chi connectivity index (χ1v) is 8.99. The average molecular weight is 344 g/mol. The SMILES string of the molecule is Oc1cc2c(cc1O)SC(=C1SC3=C(OCCO3)S1)S2. The summed E-state index contributed by atoms with van der Waals surface area (Å²) in [5.41, 5.74) is 0. The molecule has 0 amide bonds. The molecule has 1 aromatic rings. The smallest absolute Gasteiger partial charge is 0.208 e. The molecule has 2 N–H and O–H groups in total. The molecule has 0 saturated carbocycles. The summed E-state index contributed by atoms with van der Waals surface area (Å²) in [5, 5.41) is 20.8. The molecule has 8 heteroatoms.